The number of hydrogen-bond acceptors (Lipinski definition) is 3. The molecule has 0 saturated heterocycles. The second kappa shape index (κ2) is 6.55. The molecule has 1 aliphatic rings. The highest BCUT2D eigenvalue weighted by Gasteiger charge is 2.37. The SMILES string of the molecule is CC1CC(C)(C)N(C(C)C)c2ccc(C=Nc3ccc(O)cc3)cc21. The quantitative estimate of drug-likeness (QED) is 0.736. The zero-order valence-corrected chi connectivity index (χ0v) is 15.8. The number of aromatic hydroxyl groups is 1. The molecule has 0 bridgehead atoms. The van der Waals surface area contributed by atoms with Gasteiger partial charge < -0.3 is 10.0 Å². The predicted molar refractivity (Wildman–Crippen MR) is 107 cm³/mol. The molecule has 2 aromatic rings. The maximum atomic E-state index is 9.36. The van der Waals surface area contributed by atoms with Gasteiger partial charge in [-0.25, -0.2) is 0 Å². The summed E-state index contributed by atoms with van der Waals surface area (Å²) in [5.74, 6) is 0.792. The number of rotatable bonds is 3. The highest BCUT2D eigenvalue weighted by Crippen LogP contribution is 2.44. The van der Waals surface area contributed by atoms with Crippen molar-refractivity contribution in [1.29, 1.82) is 0 Å². The van der Waals surface area contributed by atoms with E-state index in [0.29, 0.717) is 12.0 Å². The van der Waals surface area contributed by atoms with Gasteiger partial charge in [0.15, 0.2) is 0 Å². The van der Waals surface area contributed by atoms with Gasteiger partial charge in [0.1, 0.15) is 5.75 Å². The fraction of sp³-hybridized carbons (Fsp3) is 0.409. The van der Waals surface area contributed by atoms with Crippen molar-refractivity contribution in [2.75, 3.05) is 4.90 Å². The van der Waals surface area contributed by atoms with Gasteiger partial charge in [-0.15, -0.1) is 0 Å². The molecule has 2 aromatic carbocycles. The van der Waals surface area contributed by atoms with Gasteiger partial charge in [-0.05, 0) is 87.6 Å². The van der Waals surface area contributed by atoms with E-state index in [0.717, 1.165) is 17.7 Å². The molecular weight excluding hydrogens is 308 g/mol. The third kappa shape index (κ3) is 3.55. The normalized spacial score (nSPS) is 19.4. The first-order valence-electron chi connectivity index (χ1n) is 9.04. The van der Waals surface area contributed by atoms with E-state index in [1.807, 2.05) is 18.3 Å². The van der Waals surface area contributed by atoms with Gasteiger partial charge in [0.25, 0.3) is 0 Å². The molecule has 0 spiro atoms. The van der Waals surface area contributed by atoms with Crippen LogP contribution in [0.3, 0.4) is 0 Å². The van der Waals surface area contributed by atoms with Crippen LogP contribution in [0.2, 0.25) is 0 Å². The maximum absolute atomic E-state index is 9.36. The number of phenolic OH excluding ortho intramolecular Hbond substituents is 1. The molecule has 0 radical (unpaired) electrons. The summed E-state index contributed by atoms with van der Waals surface area (Å²) in [5.41, 5.74) is 4.88. The van der Waals surface area contributed by atoms with E-state index in [1.54, 1.807) is 12.1 Å². The van der Waals surface area contributed by atoms with Gasteiger partial charge in [-0.1, -0.05) is 13.0 Å². The molecule has 25 heavy (non-hydrogen) atoms. The molecule has 3 heteroatoms. The van der Waals surface area contributed by atoms with E-state index >= 15 is 0 Å². The highest BCUT2D eigenvalue weighted by atomic mass is 16.3. The van der Waals surface area contributed by atoms with Gasteiger partial charge in [-0.3, -0.25) is 4.99 Å². The Kier molecular flexibility index (Phi) is 4.59. The van der Waals surface area contributed by atoms with Crippen LogP contribution in [0, 0.1) is 0 Å². The lowest BCUT2D eigenvalue weighted by molar-refractivity contribution is 0.356. The first kappa shape index (κ1) is 17.5. The number of aliphatic imine (C=N–C) groups is 1. The molecule has 1 aliphatic heterocycles. The molecule has 132 valence electrons. The summed E-state index contributed by atoms with van der Waals surface area (Å²) in [5, 5.41) is 9.36. The monoisotopic (exact) mass is 336 g/mol. The smallest absolute Gasteiger partial charge is 0.115 e. The third-order valence-electron chi connectivity index (χ3n) is 5.03. The van der Waals surface area contributed by atoms with Crippen LogP contribution in [-0.4, -0.2) is 22.9 Å². The summed E-state index contributed by atoms with van der Waals surface area (Å²) < 4.78 is 0. The maximum Gasteiger partial charge on any atom is 0.115 e. The van der Waals surface area contributed by atoms with Crippen LogP contribution in [0.1, 0.15) is 58.1 Å². The zero-order valence-electron chi connectivity index (χ0n) is 15.8. The van der Waals surface area contributed by atoms with Crippen molar-refractivity contribution in [3.05, 3.63) is 53.6 Å². The fourth-order valence-corrected chi connectivity index (χ4v) is 4.22. The minimum atomic E-state index is 0.169. The molecule has 0 saturated carbocycles. The standard InChI is InChI=1S/C22H28N2O/c1-15(2)24-21-11-6-17(12-20(21)16(3)13-22(24,4)5)14-23-18-7-9-19(25)10-8-18/h6-12,14-16,25H,13H2,1-5H3. The molecule has 0 aliphatic carbocycles. The molecule has 1 N–H and O–H groups in total. The molecule has 0 aromatic heterocycles. The van der Waals surface area contributed by atoms with Crippen molar-refractivity contribution in [2.45, 2.75) is 58.5 Å². The Morgan fingerprint density at radius 1 is 1.16 bits per heavy atom. The summed E-state index contributed by atoms with van der Waals surface area (Å²) >= 11 is 0. The summed E-state index contributed by atoms with van der Waals surface area (Å²) in [4.78, 5) is 7.07. The van der Waals surface area contributed by atoms with Gasteiger partial charge in [0, 0.05) is 23.5 Å². The second-order valence-electron chi connectivity index (χ2n) is 7.97. The lowest BCUT2D eigenvalue weighted by Gasteiger charge is -2.50. The van der Waals surface area contributed by atoms with Crippen LogP contribution >= 0.6 is 0 Å². The number of phenols is 1. The minimum Gasteiger partial charge on any atom is -0.508 e. The van der Waals surface area contributed by atoms with Crippen molar-refractivity contribution in [3.63, 3.8) is 0 Å². The summed E-state index contributed by atoms with van der Waals surface area (Å²) in [6.07, 6.45) is 3.05. The minimum absolute atomic E-state index is 0.169. The van der Waals surface area contributed by atoms with Crippen LogP contribution in [0.4, 0.5) is 11.4 Å². The van der Waals surface area contributed by atoms with E-state index in [4.69, 9.17) is 0 Å². The summed E-state index contributed by atoms with van der Waals surface area (Å²) in [6, 6.07) is 14.1. The lowest BCUT2D eigenvalue weighted by atomic mass is 9.79. The van der Waals surface area contributed by atoms with E-state index in [2.05, 4.69) is 62.7 Å². The molecule has 3 nitrogen and oxygen atoms in total. The number of fused-ring (bicyclic) bond motifs is 1. The van der Waals surface area contributed by atoms with Gasteiger partial charge in [0.2, 0.25) is 0 Å². The Bertz CT molecular complexity index is 775. The van der Waals surface area contributed by atoms with Crippen LogP contribution in [0.25, 0.3) is 0 Å². The number of anilines is 1. The molecule has 0 amide bonds. The second-order valence-corrected chi connectivity index (χ2v) is 7.97. The fourth-order valence-electron chi connectivity index (χ4n) is 4.22. The van der Waals surface area contributed by atoms with Gasteiger partial charge in [0.05, 0.1) is 5.69 Å². The Balaban J connectivity index is 1.93. The lowest BCUT2D eigenvalue weighted by Crippen LogP contribution is -2.51. The van der Waals surface area contributed by atoms with Crippen LogP contribution in [0.15, 0.2) is 47.5 Å². The number of hydrogen-bond donors (Lipinski definition) is 1. The molecule has 1 unspecified atom stereocenters. The molecule has 0 fully saturated rings. The number of benzene rings is 2. The predicted octanol–water partition coefficient (Wildman–Crippen LogP) is 5.64. The first-order chi connectivity index (χ1) is 11.8. The number of nitrogens with zero attached hydrogens (tertiary/aromatic N) is 2. The Morgan fingerprint density at radius 3 is 2.48 bits per heavy atom. The van der Waals surface area contributed by atoms with E-state index in [-0.39, 0.29) is 11.3 Å². The Labute approximate surface area is 151 Å². The van der Waals surface area contributed by atoms with E-state index in [1.165, 1.54) is 11.3 Å². The highest BCUT2D eigenvalue weighted by molar-refractivity contribution is 5.83. The van der Waals surface area contributed by atoms with Gasteiger partial charge in [-0.2, -0.15) is 0 Å². The van der Waals surface area contributed by atoms with Crippen LogP contribution in [0.5, 0.6) is 5.75 Å². The Hall–Kier alpha value is -2.29. The van der Waals surface area contributed by atoms with Crippen LogP contribution < -0.4 is 4.90 Å². The molecular formula is C22H28N2O. The van der Waals surface area contributed by atoms with Crippen molar-refractivity contribution >= 4 is 17.6 Å². The average Bonchev–Trinajstić information content (AvgIpc) is 2.53. The third-order valence-corrected chi connectivity index (χ3v) is 5.03. The van der Waals surface area contributed by atoms with Crippen molar-refractivity contribution in [3.8, 4) is 5.75 Å². The van der Waals surface area contributed by atoms with E-state index in [9.17, 15) is 5.11 Å². The van der Waals surface area contributed by atoms with E-state index < -0.39 is 0 Å². The molecule has 3 rings (SSSR count). The molecule has 1 heterocycles. The first-order valence-corrected chi connectivity index (χ1v) is 9.04. The largest absolute Gasteiger partial charge is 0.508 e. The topological polar surface area (TPSA) is 35.8 Å². The van der Waals surface area contributed by atoms with Crippen LogP contribution in [-0.2, 0) is 0 Å². The molecule has 1 atom stereocenters. The average molecular weight is 336 g/mol. The summed E-state index contributed by atoms with van der Waals surface area (Å²) in [7, 11) is 0. The summed E-state index contributed by atoms with van der Waals surface area (Å²) in [6.45, 7) is 11.5. The van der Waals surface area contributed by atoms with Crippen molar-refractivity contribution < 1.29 is 5.11 Å². The van der Waals surface area contributed by atoms with Gasteiger partial charge >= 0.3 is 0 Å². The van der Waals surface area contributed by atoms with Crippen molar-refractivity contribution in [2.24, 2.45) is 4.99 Å². The van der Waals surface area contributed by atoms with Crippen molar-refractivity contribution in [1.82, 2.24) is 0 Å². The zero-order chi connectivity index (χ0) is 18.2. The Morgan fingerprint density at radius 2 is 1.84 bits per heavy atom.